The van der Waals surface area contributed by atoms with Crippen LogP contribution in [0.25, 0.3) is 0 Å². The molecule has 0 aromatic heterocycles. The van der Waals surface area contributed by atoms with E-state index >= 15 is 0 Å². The van der Waals surface area contributed by atoms with Gasteiger partial charge in [-0.15, -0.1) is 0 Å². The fourth-order valence-corrected chi connectivity index (χ4v) is 3.07. The van der Waals surface area contributed by atoms with E-state index in [-0.39, 0.29) is 4.90 Å². The highest BCUT2D eigenvalue weighted by molar-refractivity contribution is 7.82. The molecule has 0 aliphatic heterocycles. The molecule has 1 saturated carbocycles. The molecule has 19 heavy (non-hydrogen) atoms. The topological polar surface area (TPSA) is 23.6 Å². The molecule has 1 aromatic carbocycles. The van der Waals surface area contributed by atoms with E-state index < -0.39 is 22.6 Å². The zero-order valence-electron chi connectivity index (χ0n) is 11.3. The van der Waals surface area contributed by atoms with Crippen molar-refractivity contribution in [1.29, 1.82) is 0 Å². The molecule has 0 N–H and O–H groups in total. The van der Waals surface area contributed by atoms with Crippen molar-refractivity contribution in [3.8, 4) is 0 Å². The number of hydrogen-bond acceptors (Lipinski definition) is 2. The summed E-state index contributed by atoms with van der Waals surface area (Å²) in [6.07, 6.45) is 1.18. The second kappa shape index (κ2) is 5.64. The van der Waals surface area contributed by atoms with Crippen LogP contribution in [0.1, 0.15) is 13.3 Å². The van der Waals surface area contributed by atoms with Gasteiger partial charge in [0, 0.05) is 26.7 Å². The van der Waals surface area contributed by atoms with Gasteiger partial charge in [0.1, 0.15) is 22.6 Å². The highest BCUT2D eigenvalue weighted by atomic mass is 32.2. The maximum Gasteiger partial charge on any atom is 0.141 e. The lowest BCUT2D eigenvalue weighted by atomic mass is 10.3. The van der Waals surface area contributed by atoms with Gasteiger partial charge in [0.2, 0.25) is 0 Å². The molecule has 0 radical (unpaired) electrons. The first-order valence-corrected chi connectivity index (χ1v) is 7.32. The van der Waals surface area contributed by atoms with E-state index in [0.29, 0.717) is 11.8 Å². The summed E-state index contributed by atoms with van der Waals surface area (Å²) in [6.45, 7) is 2.98. The molecule has 2 rings (SSSR count). The van der Waals surface area contributed by atoms with Crippen LogP contribution in [0.4, 0.5) is 8.78 Å². The summed E-state index contributed by atoms with van der Waals surface area (Å²) in [7, 11) is 1.89. The van der Waals surface area contributed by atoms with Gasteiger partial charge in [0.05, 0.1) is 4.90 Å². The maximum atomic E-state index is 13.1. The van der Waals surface area contributed by atoms with Gasteiger partial charge in [0.15, 0.2) is 0 Å². The fraction of sp³-hybridized carbons (Fsp3) is 0.538. The van der Waals surface area contributed by atoms with Crippen molar-refractivity contribution in [2.24, 2.45) is 11.8 Å². The van der Waals surface area contributed by atoms with Crippen LogP contribution >= 0.6 is 0 Å². The number of hydrazine groups is 1. The van der Waals surface area contributed by atoms with Crippen molar-refractivity contribution in [1.82, 2.24) is 9.42 Å². The molecular weight excluding hydrogens is 270 g/mol. The standard InChI is InChI=1S/C13H18F2N2OS/c1-9-4-10(9)8-16(2)17(3)19(18)13-6-11(14)5-12(15)7-13/h5-7,9-10H,4,8H2,1-3H3. The van der Waals surface area contributed by atoms with E-state index in [0.717, 1.165) is 24.7 Å². The lowest BCUT2D eigenvalue weighted by molar-refractivity contribution is 0.119. The Hall–Kier alpha value is -0.850. The van der Waals surface area contributed by atoms with Crippen LogP contribution in [0.3, 0.4) is 0 Å². The third-order valence-electron chi connectivity index (χ3n) is 3.53. The maximum absolute atomic E-state index is 13.1. The van der Waals surface area contributed by atoms with Crippen LogP contribution in [0.5, 0.6) is 0 Å². The summed E-state index contributed by atoms with van der Waals surface area (Å²) < 4.78 is 40.0. The van der Waals surface area contributed by atoms with Crippen LogP contribution in [0, 0.1) is 23.5 Å². The van der Waals surface area contributed by atoms with Crippen molar-refractivity contribution < 1.29 is 13.0 Å². The summed E-state index contributed by atoms with van der Waals surface area (Å²) in [5, 5.41) is 1.84. The number of hydrogen-bond donors (Lipinski definition) is 0. The first-order valence-electron chi connectivity index (χ1n) is 6.21. The minimum atomic E-state index is -1.60. The molecule has 1 aliphatic carbocycles. The second-order valence-electron chi connectivity index (χ2n) is 5.13. The highest BCUT2D eigenvalue weighted by Gasteiger charge is 2.34. The zero-order valence-corrected chi connectivity index (χ0v) is 12.1. The van der Waals surface area contributed by atoms with Crippen molar-refractivity contribution in [2.45, 2.75) is 18.2 Å². The van der Waals surface area contributed by atoms with E-state index in [2.05, 4.69) is 6.92 Å². The largest absolute Gasteiger partial charge is 0.236 e. The fourth-order valence-electron chi connectivity index (χ4n) is 2.02. The SMILES string of the molecule is CC1CC1CN(C)N(C)S(=O)c1cc(F)cc(F)c1. The van der Waals surface area contributed by atoms with Gasteiger partial charge in [-0.25, -0.2) is 18.0 Å². The predicted molar refractivity (Wildman–Crippen MR) is 70.4 cm³/mol. The van der Waals surface area contributed by atoms with Crippen LogP contribution in [0.15, 0.2) is 23.1 Å². The molecule has 1 aliphatic rings. The van der Waals surface area contributed by atoms with Gasteiger partial charge in [-0.3, -0.25) is 0 Å². The van der Waals surface area contributed by atoms with Crippen molar-refractivity contribution in [2.75, 3.05) is 20.6 Å². The van der Waals surface area contributed by atoms with Crippen molar-refractivity contribution >= 4 is 11.0 Å². The molecule has 0 heterocycles. The highest BCUT2D eigenvalue weighted by Crippen LogP contribution is 2.38. The molecule has 0 spiro atoms. The Labute approximate surface area is 114 Å². The minimum absolute atomic E-state index is 0.135. The zero-order chi connectivity index (χ0) is 14.2. The number of nitrogens with zero attached hydrogens (tertiary/aromatic N) is 2. The molecule has 3 nitrogen and oxygen atoms in total. The molecule has 1 fully saturated rings. The van der Waals surface area contributed by atoms with E-state index in [9.17, 15) is 13.0 Å². The monoisotopic (exact) mass is 288 g/mol. The van der Waals surface area contributed by atoms with Gasteiger partial charge < -0.3 is 0 Å². The molecule has 0 saturated heterocycles. The molecule has 3 unspecified atom stereocenters. The van der Waals surface area contributed by atoms with Crippen LogP contribution in [-0.2, 0) is 11.0 Å². The first-order chi connectivity index (χ1) is 8.88. The smallest absolute Gasteiger partial charge is 0.141 e. The normalized spacial score (nSPS) is 23.9. The van der Waals surface area contributed by atoms with E-state index in [1.165, 1.54) is 10.8 Å². The van der Waals surface area contributed by atoms with Gasteiger partial charge in [0.25, 0.3) is 0 Å². The Kier molecular flexibility index (Phi) is 4.32. The molecule has 3 atom stereocenters. The Morgan fingerprint density at radius 3 is 2.26 bits per heavy atom. The summed E-state index contributed by atoms with van der Waals surface area (Å²) in [4.78, 5) is 0.135. The Balaban J connectivity index is 2.05. The summed E-state index contributed by atoms with van der Waals surface area (Å²) >= 11 is 0. The van der Waals surface area contributed by atoms with Gasteiger partial charge in [-0.1, -0.05) is 6.92 Å². The number of rotatable bonds is 5. The minimum Gasteiger partial charge on any atom is -0.236 e. The predicted octanol–water partition coefficient (Wildman–Crippen LogP) is 2.42. The molecule has 0 bridgehead atoms. The first kappa shape index (κ1) is 14.6. The van der Waals surface area contributed by atoms with Gasteiger partial charge >= 0.3 is 0 Å². The lowest BCUT2D eigenvalue weighted by Gasteiger charge is -2.27. The van der Waals surface area contributed by atoms with Crippen molar-refractivity contribution in [3.63, 3.8) is 0 Å². The lowest BCUT2D eigenvalue weighted by Crippen LogP contribution is -2.39. The molecule has 0 amide bonds. The van der Waals surface area contributed by atoms with Crippen LogP contribution in [-0.4, -0.2) is 34.3 Å². The van der Waals surface area contributed by atoms with E-state index in [4.69, 9.17) is 0 Å². The number of halogens is 2. The van der Waals surface area contributed by atoms with Gasteiger partial charge in [-0.2, -0.15) is 4.41 Å². The average molecular weight is 288 g/mol. The Morgan fingerprint density at radius 1 is 1.26 bits per heavy atom. The molecule has 1 aromatic rings. The third kappa shape index (κ3) is 3.58. The van der Waals surface area contributed by atoms with E-state index in [1.807, 2.05) is 12.1 Å². The van der Waals surface area contributed by atoms with Crippen molar-refractivity contribution in [3.05, 3.63) is 29.8 Å². The quantitative estimate of drug-likeness (QED) is 0.777. The van der Waals surface area contributed by atoms with Crippen LogP contribution < -0.4 is 0 Å². The third-order valence-corrected chi connectivity index (χ3v) is 4.93. The van der Waals surface area contributed by atoms with E-state index in [1.54, 1.807) is 7.05 Å². The second-order valence-corrected chi connectivity index (χ2v) is 6.63. The number of benzene rings is 1. The summed E-state index contributed by atoms with van der Waals surface area (Å²) in [5.41, 5.74) is 0. The summed E-state index contributed by atoms with van der Waals surface area (Å²) in [5.74, 6) is -0.102. The molecule has 6 heteroatoms. The average Bonchev–Trinajstić information content (AvgIpc) is 3.01. The van der Waals surface area contributed by atoms with Gasteiger partial charge in [-0.05, 0) is 30.4 Å². The molecular formula is C13H18F2N2OS. The molecule has 106 valence electrons. The Bertz CT molecular complexity index is 477. The Morgan fingerprint density at radius 2 is 1.79 bits per heavy atom. The summed E-state index contributed by atoms with van der Waals surface area (Å²) in [6, 6.07) is 2.98. The van der Waals surface area contributed by atoms with Crippen LogP contribution in [0.2, 0.25) is 0 Å².